The molecule has 0 spiro atoms. The van der Waals surface area contributed by atoms with E-state index in [4.69, 9.17) is 10.2 Å². The second kappa shape index (κ2) is 12.6. The smallest absolute Gasteiger partial charge is 0.328 e. The monoisotopic (exact) mass is 414 g/mol. The van der Waals surface area contributed by atoms with Gasteiger partial charge in [-0.2, -0.15) is 0 Å². The van der Waals surface area contributed by atoms with Gasteiger partial charge in [-0.1, -0.05) is 30.3 Å². The minimum absolute atomic E-state index is 0.459. The maximum Gasteiger partial charge on any atom is 0.328 e. The molecule has 1 aromatic heterocycles. The second-order valence-corrected chi connectivity index (χ2v) is 7.73. The Kier molecular flexibility index (Phi) is 10.6. The Hall–Kier alpha value is -2.86. The van der Waals surface area contributed by atoms with E-state index in [1.54, 1.807) is 0 Å². The first-order valence-electron chi connectivity index (χ1n) is 10.2. The topological polar surface area (TPSA) is 82.8 Å². The third-order valence-corrected chi connectivity index (χ3v) is 4.91. The Labute approximate surface area is 179 Å². The molecule has 1 atom stereocenters. The number of nitrogens with zero attached hydrogens (tertiary/aromatic N) is 2. The first-order valence-corrected chi connectivity index (χ1v) is 10.2. The number of aliphatic carboxylic acids is 2. The van der Waals surface area contributed by atoms with Crippen LogP contribution < -0.4 is 0 Å². The third kappa shape index (κ3) is 8.66. The van der Waals surface area contributed by atoms with Crippen LogP contribution in [0.15, 0.2) is 60.8 Å². The van der Waals surface area contributed by atoms with Crippen molar-refractivity contribution < 1.29 is 19.8 Å². The van der Waals surface area contributed by atoms with Crippen molar-refractivity contribution in [1.29, 1.82) is 0 Å². The number of aryl methyl sites for hydroxylation is 1. The lowest BCUT2D eigenvalue weighted by Crippen LogP contribution is -2.38. The van der Waals surface area contributed by atoms with E-state index in [0.717, 1.165) is 13.0 Å². The predicted molar refractivity (Wildman–Crippen MR) is 120 cm³/mol. The van der Waals surface area contributed by atoms with Crippen LogP contribution in [0.5, 0.6) is 0 Å². The van der Waals surface area contributed by atoms with E-state index < -0.39 is 11.9 Å². The van der Waals surface area contributed by atoms with Crippen LogP contribution in [-0.2, 0) is 16.6 Å². The number of aromatic nitrogens is 1. The van der Waals surface area contributed by atoms with Crippen LogP contribution in [0.1, 0.15) is 51.3 Å². The van der Waals surface area contributed by atoms with Gasteiger partial charge in [0.1, 0.15) is 0 Å². The van der Waals surface area contributed by atoms with E-state index in [0.29, 0.717) is 30.2 Å². The molecule has 0 aliphatic heterocycles. The average molecular weight is 415 g/mol. The first kappa shape index (κ1) is 25.2. The molecule has 0 amide bonds. The van der Waals surface area contributed by atoms with Crippen molar-refractivity contribution in [3.8, 4) is 0 Å². The van der Waals surface area contributed by atoms with E-state index in [1.165, 1.54) is 11.3 Å². The number of hydrogen-bond donors (Lipinski definition) is 2. The second-order valence-electron chi connectivity index (χ2n) is 7.73. The normalized spacial score (nSPS) is 12.3. The van der Waals surface area contributed by atoms with Gasteiger partial charge < -0.3 is 14.8 Å². The molecule has 1 aromatic carbocycles. The summed E-state index contributed by atoms with van der Waals surface area (Å²) in [6.45, 7) is 10.3. The van der Waals surface area contributed by atoms with Gasteiger partial charge in [-0.15, -0.1) is 0 Å². The molecule has 30 heavy (non-hydrogen) atoms. The fourth-order valence-corrected chi connectivity index (χ4v) is 3.54. The van der Waals surface area contributed by atoms with Crippen LogP contribution in [0.25, 0.3) is 0 Å². The number of carboxylic acids is 2. The predicted octanol–water partition coefficient (Wildman–Crippen LogP) is 4.38. The Morgan fingerprint density at radius 3 is 1.87 bits per heavy atom. The molecule has 0 bridgehead atoms. The molecule has 1 unspecified atom stereocenters. The van der Waals surface area contributed by atoms with Crippen LogP contribution in [0, 0.1) is 0 Å². The molecule has 1 heterocycles. The summed E-state index contributed by atoms with van der Waals surface area (Å²) in [4.78, 5) is 21.7. The zero-order chi connectivity index (χ0) is 22.7. The molecule has 164 valence electrons. The molecular formula is C24H34N2O4. The molecule has 6 heteroatoms. The van der Waals surface area contributed by atoms with Crippen molar-refractivity contribution >= 4 is 11.9 Å². The van der Waals surface area contributed by atoms with Gasteiger partial charge in [0.05, 0.1) is 0 Å². The average Bonchev–Trinajstić information content (AvgIpc) is 3.10. The highest BCUT2D eigenvalue weighted by Crippen LogP contribution is 2.28. The zero-order valence-corrected chi connectivity index (χ0v) is 18.5. The summed E-state index contributed by atoms with van der Waals surface area (Å²) in [5.41, 5.74) is 2.82. The lowest BCUT2D eigenvalue weighted by atomic mass is 9.92. The van der Waals surface area contributed by atoms with Gasteiger partial charge in [-0.25, -0.2) is 9.59 Å². The zero-order valence-electron chi connectivity index (χ0n) is 18.5. The molecule has 0 fully saturated rings. The van der Waals surface area contributed by atoms with Gasteiger partial charge in [-0.3, -0.25) is 4.90 Å². The third-order valence-electron chi connectivity index (χ3n) is 4.91. The largest absolute Gasteiger partial charge is 0.478 e. The number of carboxylic acid groups (broad SMARTS) is 2. The fraction of sp³-hybridized carbons (Fsp3) is 0.417. The highest BCUT2D eigenvalue weighted by atomic mass is 16.4. The Morgan fingerprint density at radius 1 is 0.933 bits per heavy atom. The maximum absolute atomic E-state index is 9.55. The summed E-state index contributed by atoms with van der Waals surface area (Å²) in [7, 11) is 2.15. The Balaban J connectivity index is 0.000000479. The van der Waals surface area contributed by atoms with Crippen LogP contribution in [0.3, 0.4) is 0 Å². The summed E-state index contributed by atoms with van der Waals surface area (Å²) in [6, 6.07) is 16.5. The maximum atomic E-state index is 9.55. The first-order chi connectivity index (χ1) is 14.1. The molecule has 2 rings (SSSR count). The number of rotatable bonds is 9. The van der Waals surface area contributed by atoms with Crippen molar-refractivity contribution in [1.82, 2.24) is 9.47 Å². The molecule has 0 radical (unpaired) electrons. The Bertz CT molecular complexity index is 786. The number of benzene rings is 1. The summed E-state index contributed by atoms with van der Waals surface area (Å²) >= 11 is 0. The summed E-state index contributed by atoms with van der Waals surface area (Å²) in [6.07, 6.45) is 4.41. The van der Waals surface area contributed by atoms with E-state index >= 15 is 0 Å². The van der Waals surface area contributed by atoms with Gasteiger partial charge in [0.25, 0.3) is 0 Å². The quantitative estimate of drug-likeness (QED) is 0.595. The number of carbonyl (C=O) groups is 2. The molecule has 0 saturated heterocycles. The number of hydrogen-bond acceptors (Lipinski definition) is 3. The molecular weight excluding hydrogens is 380 g/mol. The molecule has 2 aromatic rings. The van der Waals surface area contributed by atoms with E-state index in [-0.39, 0.29) is 0 Å². The van der Waals surface area contributed by atoms with Crippen molar-refractivity contribution in [2.24, 2.45) is 7.05 Å². The van der Waals surface area contributed by atoms with Gasteiger partial charge in [-0.05, 0) is 58.4 Å². The molecule has 0 saturated carbocycles. The highest BCUT2D eigenvalue weighted by molar-refractivity contribution is 5.89. The van der Waals surface area contributed by atoms with Gasteiger partial charge in [0.15, 0.2) is 0 Å². The lowest BCUT2D eigenvalue weighted by Gasteiger charge is -2.32. The minimum atomic E-state index is -1.26. The van der Waals surface area contributed by atoms with Crippen LogP contribution in [0.4, 0.5) is 0 Å². The van der Waals surface area contributed by atoms with Crippen LogP contribution in [0.2, 0.25) is 0 Å². The lowest BCUT2D eigenvalue weighted by molar-refractivity contribution is -0.134. The van der Waals surface area contributed by atoms with Crippen molar-refractivity contribution in [2.75, 3.05) is 6.54 Å². The standard InChI is InChI=1S/C20H30N2.C4H4O4/c1-16(2)22(17(3)4)15-13-19(18-10-7-6-8-11-18)20-12-9-14-21(20)5;5-3(6)1-2-4(7)8/h6-12,14,16-17,19H,13,15H2,1-5H3;1-2H,(H,5,6)(H,7,8). The molecule has 0 aliphatic rings. The van der Waals surface area contributed by atoms with Crippen LogP contribution >= 0.6 is 0 Å². The van der Waals surface area contributed by atoms with Crippen molar-refractivity contribution in [2.45, 2.75) is 52.1 Å². The molecule has 0 aliphatic carbocycles. The summed E-state index contributed by atoms with van der Waals surface area (Å²) < 4.78 is 2.26. The van der Waals surface area contributed by atoms with Gasteiger partial charge in [0, 0.05) is 49.1 Å². The summed E-state index contributed by atoms with van der Waals surface area (Å²) in [5.74, 6) is -2.05. The van der Waals surface area contributed by atoms with E-state index in [9.17, 15) is 9.59 Å². The SMILES string of the molecule is CC(C)N(CCC(c1ccccc1)c1cccn1C)C(C)C.O=C(O)C=CC(=O)O. The van der Waals surface area contributed by atoms with Crippen LogP contribution in [-0.4, -0.2) is 50.2 Å². The Morgan fingerprint density at radius 2 is 1.47 bits per heavy atom. The summed E-state index contributed by atoms with van der Waals surface area (Å²) in [5, 5.41) is 15.6. The van der Waals surface area contributed by atoms with Gasteiger partial charge in [0.2, 0.25) is 0 Å². The van der Waals surface area contributed by atoms with Gasteiger partial charge >= 0.3 is 11.9 Å². The van der Waals surface area contributed by atoms with Crippen molar-refractivity contribution in [3.05, 3.63) is 72.1 Å². The highest BCUT2D eigenvalue weighted by Gasteiger charge is 2.20. The van der Waals surface area contributed by atoms with E-state index in [2.05, 4.69) is 92.9 Å². The van der Waals surface area contributed by atoms with E-state index in [1.807, 2.05) is 0 Å². The fourth-order valence-electron chi connectivity index (χ4n) is 3.54. The van der Waals surface area contributed by atoms with Crippen molar-refractivity contribution in [3.63, 3.8) is 0 Å². The minimum Gasteiger partial charge on any atom is -0.478 e. The molecule has 6 nitrogen and oxygen atoms in total. The molecule has 2 N–H and O–H groups in total.